The van der Waals surface area contributed by atoms with E-state index in [1.807, 2.05) is 18.2 Å². The lowest BCUT2D eigenvalue weighted by molar-refractivity contribution is -0.282. The summed E-state index contributed by atoms with van der Waals surface area (Å²) in [7, 11) is -5.09. The van der Waals surface area contributed by atoms with Crippen LogP contribution < -0.4 is 0 Å². The predicted octanol–water partition coefficient (Wildman–Crippen LogP) is 4.93. The molecule has 1 aromatic carbocycles. The highest BCUT2D eigenvalue weighted by atomic mass is 31.2. The molecule has 8 heteroatoms. The van der Waals surface area contributed by atoms with E-state index in [0.717, 1.165) is 18.4 Å². The average molecular weight is 352 g/mol. The normalized spacial score (nSPS) is 19.0. The van der Waals surface area contributed by atoms with Crippen molar-refractivity contribution in [1.82, 2.24) is 0 Å². The highest BCUT2D eigenvalue weighted by molar-refractivity contribution is 7.47. The van der Waals surface area contributed by atoms with Crippen molar-refractivity contribution in [3.8, 4) is 0 Å². The van der Waals surface area contributed by atoms with Crippen molar-refractivity contribution >= 4 is 7.82 Å². The Morgan fingerprint density at radius 1 is 1.22 bits per heavy atom. The second-order valence-electron chi connectivity index (χ2n) is 5.62. The van der Waals surface area contributed by atoms with Crippen LogP contribution in [0.5, 0.6) is 0 Å². The Labute approximate surface area is 133 Å². The van der Waals surface area contributed by atoms with Crippen LogP contribution >= 0.6 is 7.82 Å². The van der Waals surface area contributed by atoms with Gasteiger partial charge in [-0.15, -0.1) is 13.2 Å². The molecule has 1 fully saturated rings. The van der Waals surface area contributed by atoms with Crippen LogP contribution in [-0.2, 0) is 20.0 Å². The maximum atomic E-state index is 11.9. The van der Waals surface area contributed by atoms with E-state index >= 15 is 0 Å². The molecule has 4 nitrogen and oxygen atoms in total. The van der Waals surface area contributed by atoms with E-state index in [2.05, 4.69) is 15.1 Å². The van der Waals surface area contributed by atoms with E-state index in [-0.39, 0.29) is 6.61 Å². The first-order chi connectivity index (χ1) is 10.8. The molecule has 0 heterocycles. The number of aryl methyl sites for hydroxylation is 1. The summed E-state index contributed by atoms with van der Waals surface area (Å²) < 4.78 is 54.3. The fraction of sp³-hybridized carbons (Fsp3) is 0.600. The Morgan fingerprint density at radius 2 is 1.87 bits per heavy atom. The monoisotopic (exact) mass is 352 g/mol. The molecule has 1 aromatic rings. The van der Waals surface area contributed by atoms with E-state index < -0.39 is 14.2 Å². The Morgan fingerprint density at radius 3 is 2.52 bits per heavy atom. The van der Waals surface area contributed by atoms with Crippen LogP contribution in [0.1, 0.15) is 49.1 Å². The van der Waals surface area contributed by atoms with Gasteiger partial charge in [-0.1, -0.05) is 37.1 Å². The van der Waals surface area contributed by atoms with Gasteiger partial charge in [0.2, 0.25) is 0 Å². The van der Waals surface area contributed by atoms with E-state index in [0.29, 0.717) is 18.8 Å². The summed E-state index contributed by atoms with van der Waals surface area (Å²) in [6, 6.07) is 7.96. The number of rotatable bonds is 7. The summed E-state index contributed by atoms with van der Waals surface area (Å²) in [5.74, 6) is 0.532. The van der Waals surface area contributed by atoms with Gasteiger partial charge >= 0.3 is 14.2 Å². The summed E-state index contributed by atoms with van der Waals surface area (Å²) in [6.45, 7) is -0.275. The van der Waals surface area contributed by atoms with Gasteiger partial charge in [0.1, 0.15) is 0 Å². The van der Waals surface area contributed by atoms with Gasteiger partial charge in [-0.2, -0.15) is 4.52 Å². The Balaban J connectivity index is 1.84. The minimum Gasteiger partial charge on any atom is -0.302 e. The molecule has 0 aromatic heterocycles. The number of hydrogen-bond donors (Lipinski definition) is 1. The molecule has 1 saturated carbocycles. The third-order valence-corrected chi connectivity index (χ3v) is 4.86. The largest absolute Gasteiger partial charge is 0.531 e. The fourth-order valence-corrected chi connectivity index (χ4v) is 3.67. The lowest BCUT2D eigenvalue weighted by atomic mass is 9.91. The van der Waals surface area contributed by atoms with Gasteiger partial charge in [0, 0.05) is 0 Å². The topological polar surface area (TPSA) is 55.8 Å². The predicted molar refractivity (Wildman–Crippen MR) is 78.9 cm³/mol. The third kappa shape index (κ3) is 6.26. The summed E-state index contributed by atoms with van der Waals surface area (Å²) in [6.07, 6.45) is 0.459. The summed E-state index contributed by atoms with van der Waals surface area (Å²) in [5, 5.41) is 0. The highest BCUT2D eigenvalue weighted by Gasteiger charge is 2.40. The van der Waals surface area contributed by atoms with Crippen molar-refractivity contribution in [2.75, 3.05) is 6.61 Å². The van der Waals surface area contributed by atoms with E-state index in [1.165, 1.54) is 18.4 Å². The van der Waals surface area contributed by atoms with Crippen molar-refractivity contribution in [2.45, 2.75) is 50.8 Å². The number of phosphoric acid groups is 1. The summed E-state index contributed by atoms with van der Waals surface area (Å²) in [5.41, 5.74) is 2.39. The van der Waals surface area contributed by atoms with Gasteiger partial charge < -0.3 is 4.89 Å². The first-order valence-corrected chi connectivity index (χ1v) is 9.09. The van der Waals surface area contributed by atoms with Crippen LogP contribution in [0.3, 0.4) is 0 Å². The van der Waals surface area contributed by atoms with Crippen molar-refractivity contribution in [1.29, 1.82) is 0 Å². The van der Waals surface area contributed by atoms with Crippen LogP contribution in [0.15, 0.2) is 24.3 Å². The molecule has 0 bridgehead atoms. The van der Waals surface area contributed by atoms with E-state index in [1.54, 1.807) is 0 Å². The standard InChI is InChI=1S/C15H20F3O4P/c16-15(17,18)22-23(19,20)21-11-5-9-13-8-3-4-10-14(13)12-6-1-2-7-12/h3-4,8,10,12H,1-2,5-7,9,11H2,(H,19,20). The van der Waals surface area contributed by atoms with Crippen LogP contribution in [0, 0.1) is 0 Å². The Bertz CT molecular complexity index is 556. The number of halogens is 3. The van der Waals surface area contributed by atoms with Crippen LogP contribution in [0.4, 0.5) is 13.2 Å². The van der Waals surface area contributed by atoms with Crippen LogP contribution in [-0.4, -0.2) is 17.9 Å². The maximum absolute atomic E-state index is 11.9. The number of alkyl halides is 3. The van der Waals surface area contributed by atoms with Crippen molar-refractivity contribution < 1.29 is 31.7 Å². The molecule has 130 valence electrons. The molecule has 0 saturated heterocycles. The quantitative estimate of drug-likeness (QED) is 0.558. The zero-order valence-corrected chi connectivity index (χ0v) is 13.5. The van der Waals surface area contributed by atoms with Gasteiger partial charge in [0.15, 0.2) is 0 Å². The molecule has 2 rings (SSSR count). The second kappa shape index (κ2) is 7.79. The number of hydrogen-bond acceptors (Lipinski definition) is 3. The third-order valence-electron chi connectivity index (χ3n) is 3.91. The van der Waals surface area contributed by atoms with Gasteiger partial charge in [0.25, 0.3) is 0 Å². The van der Waals surface area contributed by atoms with Crippen LogP contribution in [0.25, 0.3) is 0 Å². The molecular weight excluding hydrogens is 332 g/mol. The second-order valence-corrected chi connectivity index (χ2v) is 7.00. The van der Waals surface area contributed by atoms with Gasteiger partial charge in [-0.25, -0.2) is 4.57 Å². The van der Waals surface area contributed by atoms with Gasteiger partial charge in [0.05, 0.1) is 6.61 Å². The summed E-state index contributed by atoms with van der Waals surface area (Å²) >= 11 is 0. The van der Waals surface area contributed by atoms with E-state index in [4.69, 9.17) is 4.89 Å². The lowest BCUT2D eigenvalue weighted by Crippen LogP contribution is -2.12. The Hall–Kier alpha value is -0.880. The molecule has 1 unspecified atom stereocenters. The molecule has 0 amide bonds. The molecular formula is C15H20F3O4P. The molecule has 1 N–H and O–H groups in total. The average Bonchev–Trinajstić information content (AvgIpc) is 2.95. The first-order valence-electron chi connectivity index (χ1n) is 7.59. The smallest absolute Gasteiger partial charge is 0.302 e. The molecule has 1 aliphatic rings. The highest BCUT2D eigenvalue weighted by Crippen LogP contribution is 2.48. The zero-order chi connectivity index (χ0) is 16.9. The molecule has 23 heavy (non-hydrogen) atoms. The SMILES string of the molecule is O=P(O)(OCCCc1ccccc1C1CCCC1)OC(F)(F)F. The minimum atomic E-state index is -5.20. The van der Waals surface area contributed by atoms with Crippen molar-refractivity contribution in [2.24, 2.45) is 0 Å². The first kappa shape index (κ1) is 18.5. The molecule has 0 spiro atoms. The van der Waals surface area contributed by atoms with Crippen molar-refractivity contribution in [3.63, 3.8) is 0 Å². The van der Waals surface area contributed by atoms with Crippen molar-refractivity contribution in [3.05, 3.63) is 35.4 Å². The molecule has 1 aliphatic carbocycles. The maximum Gasteiger partial charge on any atom is 0.531 e. The van der Waals surface area contributed by atoms with E-state index in [9.17, 15) is 17.7 Å². The number of benzene rings is 1. The van der Waals surface area contributed by atoms with Gasteiger partial charge in [-0.3, -0.25) is 4.52 Å². The van der Waals surface area contributed by atoms with Crippen LogP contribution in [0.2, 0.25) is 0 Å². The fourth-order valence-electron chi connectivity index (χ4n) is 3.00. The zero-order valence-electron chi connectivity index (χ0n) is 12.6. The molecule has 0 radical (unpaired) electrons. The number of phosphoric ester groups is 1. The van der Waals surface area contributed by atoms with Gasteiger partial charge in [-0.05, 0) is 42.7 Å². The minimum absolute atomic E-state index is 0.275. The Kier molecular flexibility index (Phi) is 6.26. The molecule has 1 atom stereocenters. The summed E-state index contributed by atoms with van der Waals surface area (Å²) in [4.78, 5) is 8.97. The lowest BCUT2D eigenvalue weighted by Gasteiger charge is -2.16. The molecule has 0 aliphatic heterocycles.